The van der Waals surface area contributed by atoms with E-state index in [1.54, 1.807) is 0 Å². The molecule has 2 N–H and O–H groups in total. The van der Waals surface area contributed by atoms with Crippen molar-refractivity contribution in [1.29, 1.82) is 0 Å². The van der Waals surface area contributed by atoms with Gasteiger partial charge in [0, 0.05) is 18.4 Å². The van der Waals surface area contributed by atoms with Gasteiger partial charge in [-0.25, -0.2) is 4.79 Å². The van der Waals surface area contributed by atoms with Crippen LogP contribution in [0, 0.1) is 11.3 Å². The fourth-order valence-corrected chi connectivity index (χ4v) is 4.25. The van der Waals surface area contributed by atoms with Crippen LogP contribution >= 0.6 is 0 Å². The molecule has 2 aliphatic heterocycles. The van der Waals surface area contributed by atoms with E-state index < -0.39 is 16.9 Å². The third-order valence-electron chi connectivity index (χ3n) is 5.91. The van der Waals surface area contributed by atoms with Crippen LogP contribution in [0.4, 0.5) is 0 Å². The average Bonchev–Trinajstić information content (AvgIpc) is 3.08. The molecule has 5 atom stereocenters. The van der Waals surface area contributed by atoms with Gasteiger partial charge in [-0.3, -0.25) is 4.79 Å². The molecular weight excluding hydrogens is 286 g/mol. The summed E-state index contributed by atoms with van der Waals surface area (Å²) in [6.07, 6.45) is 2.92. The number of fused-ring (bicyclic) bond motifs is 2. The second-order valence-corrected chi connectivity index (χ2v) is 7.29. The quantitative estimate of drug-likeness (QED) is 0.800. The molecule has 2 saturated heterocycles. The summed E-state index contributed by atoms with van der Waals surface area (Å²) in [4.78, 5) is 24.5. The van der Waals surface area contributed by atoms with Gasteiger partial charge >= 0.3 is 5.97 Å². The third-order valence-corrected chi connectivity index (χ3v) is 5.91. The number of aliphatic carboxylic acids is 1. The number of ether oxygens (including phenoxy) is 2. The Labute approximate surface area is 130 Å². The summed E-state index contributed by atoms with van der Waals surface area (Å²) in [7, 11) is 0. The largest absolute Gasteiger partial charge is 0.479 e. The molecule has 0 aromatic carbocycles. The van der Waals surface area contributed by atoms with Gasteiger partial charge < -0.3 is 19.9 Å². The maximum absolute atomic E-state index is 12.6. The standard InChI is InChI=1S/C16H25NO5/c1-4-21-12-8-16(14(19)20,15(12,2)3)17-13(18)10-7-9-5-6-11(10)22-9/h9-12H,4-8H2,1-3H3,(H,17,18)(H,19,20)/t9-,10+,11-,12-,16-/m1/s1. The van der Waals surface area contributed by atoms with Gasteiger partial charge in [-0.2, -0.15) is 0 Å². The Hall–Kier alpha value is -1.14. The SMILES string of the molecule is CCO[C@@H]1C[C@@](NC(=O)[C@H]2C[C@H]3CC[C@H]2O3)(C(=O)O)C1(C)C. The Morgan fingerprint density at radius 2 is 2.09 bits per heavy atom. The first-order chi connectivity index (χ1) is 10.3. The van der Waals surface area contributed by atoms with Crippen molar-refractivity contribution in [2.45, 2.75) is 70.3 Å². The van der Waals surface area contributed by atoms with Crippen LogP contribution in [-0.4, -0.2) is 47.4 Å². The number of amides is 1. The molecule has 6 nitrogen and oxygen atoms in total. The van der Waals surface area contributed by atoms with Gasteiger partial charge in [0.05, 0.1) is 24.2 Å². The lowest BCUT2D eigenvalue weighted by Crippen LogP contribution is -2.76. The highest BCUT2D eigenvalue weighted by molar-refractivity contribution is 5.90. The smallest absolute Gasteiger partial charge is 0.330 e. The van der Waals surface area contributed by atoms with Crippen LogP contribution in [0.15, 0.2) is 0 Å². The van der Waals surface area contributed by atoms with E-state index in [9.17, 15) is 14.7 Å². The zero-order chi connectivity index (χ0) is 16.1. The lowest BCUT2D eigenvalue weighted by atomic mass is 9.54. The van der Waals surface area contributed by atoms with Gasteiger partial charge in [-0.05, 0) is 26.2 Å². The van der Waals surface area contributed by atoms with Crippen molar-refractivity contribution in [3.05, 3.63) is 0 Å². The van der Waals surface area contributed by atoms with Gasteiger partial charge in [-0.1, -0.05) is 13.8 Å². The maximum atomic E-state index is 12.6. The third kappa shape index (κ3) is 2.07. The average molecular weight is 311 g/mol. The molecule has 3 fully saturated rings. The van der Waals surface area contributed by atoms with Crippen molar-refractivity contribution < 1.29 is 24.2 Å². The van der Waals surface area contributed by atoms with Crippen LogP contribution in [0.5, 0.6) is 0 Å². The van der Waals surface area contributed by atoms with Gasteiger partial charge in [0.25, 0.3) is 0 Å². The fraction of sp³-hybridized carbons (Fsp3) is 0.875. The molecule has 2 bridgehead atoms. The molecule has 1 amide bonds. The second kappa shape index (κ2) is 5.20. The highest BCUT2D eigenvalue weighted by atomic mass is 16.5. The Morgan fingerprint density at radius 1 is 1.36 bits per heavy atom. The first-order valence-electron chi connectivity index (χ1n) is 8.14. The predicted octanol–water partition coefficient (Wildman–Crippen LogP) is 1.33. The Morgan fingerprint density at radius 3 is 2.55 bits per heavy atom. The Balaban J connectivity index is 1.73. The minimum absolute atomic E-state index is 0.0401. The molecule has 0 spiro atoms. The minimum Gasteiger partial charge on any atom is -0.479 e. The molecule has 0 aromatic heterocycles. The van der Waals surface area contributed by atoms with Crippen LogP contribution in [0.25, 0.3) is 0 Å². The molecule has 1 aliphatic carbocycles. The van der Waals surface area contributed by atoms with E-state index in [0.717, 1.165) is 12.8 Å². The van der Waals surface area contributed by atoms with Crippen LogP contribution < -0.4 is 5.32 Å². The first kappa shape index (κ1) is 15.7. The summed E-state index contributed by atoms with van der Waals surface area (Å²) in [5, 5.41) is 12.6. The number of carboxylic acid groups (broad SMARTS) is 1. The van der Waals surface area contributed by atoms with Crippen molar-refractivity contribution in [2.75, 3.05) is 6.61 Å². The summed E-state index contributed by atoms with van der Waals surface area (Å²) in [5.41, 5.74) is -1.88. The van der Waals surface area contributed by atoms with E-state index in [0.29, 0.717) is 19.4 Å². The Bertz CT molecular complexity index is 491. The van der Waals surface area contributed by atoms with Crippen molar-refractivity contribution in [2.24, 2.45) is 11.3 Å². The van der Waals surface area contributed by atoms with Crippen molar-refractivity contribution in [1.82, 2.24) is 5.32 Å². The zero-order valence-electron chi connectivity index (χ0n) is 13.4. The number of nitrogens with one attached hydrogen (secondary N) is 1. The normalized spacial score (nSPS) is 42.0. The monoisotopic (exact) mass is 311 g/mol. The van der Waals surface area contributed by atoms with Crippen molar-refractivity contribution >= 4 is 11.9 Å². The fourth-order valence-electron chi connectivity index (χ4n) is 4.25. The lowest BCUT2D eigenvalue weighted by Gasteiger charge is -2.58. The molecule has 124 valence electrons. The molecular formula is C16H25NO5. The molecule has 2 heterocycles. The summed E-state index contributed by atoms with van der Waals surface area (Å²) >= 11 is 0. The predicted molar refractivity (Wildman–Crippen MR) is 78.3 cm³/mol. The van der Waals surface area contributed by atoms with E-state index in [2.05, 4.69) is 5.32 Å². The first-order valence-corrected chi connectivity index (χ1v) is 8.14. The van der Waals surface area contributed by atoms with Crippen LogP contribution in [0.3, 0.4) is 0 Å². The highest BCUT2D eigenvalue weighted by Gasteiger charge is 2.67. The molecule has 0 aromatic rings. The van der Waals surface area contributed by atoms with Crippen molar-refractivity contribution in [3.8, 4) is 0 Å². The topological polar surface area (TPSA) is 84.9 Å². The number of hydrogen-bond donors (Lipinski definition) is 2. The summed E-state index contributed by atoms with van der Waals surface area (Å²) < 4.78 is 11.3. The van der Waals surface area contributed by atoms with Crippen LogP contribution in [-0.2, 0) is 19.1 Å². The van der Waals surface area contributed by atoms with Gasteiger partial charge in [0.15, 0.2) is 0 Å². The summed E-state index contributed by atoms with van der Waals surface area (Å²) in [6, 6.07) is 0. The van der Waals surface area contributed by atoms with Gasteiger partial charge in [-0.15, -0.1) is 0 Å². The summed E-state index contributed by atoms with van der Waals surface area (Å²) in [6.45, 7) is 6.13. The van der Waals surface area contributed by atoms with E-state index >= 15 is 0 Å². The number of carboxylic acids is 1. The second-order valence-electron chi connectivity index (χ2n) is 7.29. The molecule has 6 heteroatoms. The van der Waals surface area contributed by atoms with Crippen LogP contribution in [0.1, 0.15) is 46.5 Å². The molecule has 0 unspecified atom stereocenters. The highest BCUT2D eigenvalue weighted by Crippen LogP contribution is 2.52. The maximum Gasteiger partial charge on any atom is 0.330 e. The number of hydrogen-bond acceptors (Lipinski definition) is 4. The van der Waals surface area contributed by atoms with Gasteiger partial charge in [0.1, 0.15) is 5.54 Å². The molecule has 3 rings (SSSR count). The minimum atomic E-state index is -1.24. The molecule has 22 heavy (non-hydrogen) atoms. The van der Waals surface area contributed by atoms with E-state index in [-0.39, 0.29) is 30.1 Å². The zero-order valence-corrected chi connectivity index (χ0v) is 13.4. The molecule has 0 radical (unpaired) electrons. The number of carbonyl (C=O) groups excluding carboxylic acids is 1. The van der Waals surface area contributed by atoms with Gasteiger partial charge in [0.2, 0.25) is 5.91 Å². The Kier molecular flexibility index (Phi) is 3.72. The van der Waals surface area contributed by atoms with E-state index in [4.69, 9.17) is 9.47 Å². The summed E-state index contributed by atoms with van der Waals surface area (Å²) in [5.74, 6) is -1.37. The number of carbonyl (C=O) groups is 2. The molecule has 1 saturated carbocycles. The lowest BCUT2D eigenvalue weighted by molar-refractivity contribution is -0.195. The van der Waals surface area contributed by atoms with Crippen LogP contribution in [0.2, 0.25) is 0 Å². The van der Waals surface area contributed by atoms with Crippen molar-refractivity contribution in [3.63, 3.8) is 0 Å². The van der Waals surface area contributed by atoms with E-state index in [1.165, 1.54) is 0 Å². The van der Waals surface area contributed by atoms with E-state index in [1.807, 2.05) is 20.8 Å². The molecule has 3 aliphatic rings. The number of rotatable bonds is 5.